The zero-order valence-corrected chi connectivity index (χ0v) is 10.9. The predicted octanol–water partition coefficient (Wildman–Crippen LogP) is 2.34. The van der Waals surface area contributed by atoms with Crippen molar-refractivity contribution in [3.8, 4) is 0 Å². The second-order valence-electron chi connectivity index (χ2n) is 3.71. The maximum atomic E-state index is 11.0. The summed E-state index contributed by atoms with van der Waals surface area (Å²) < 4.78 is 10.7. The standard InChI is InChI=1S/C11H15NO3.C2H6/c1-9(13)11-3-2-10(15-11)8-12-4-6-14-7-5-12;1-2/h2-3H,4-8H2,1H3;1-2H3. The number of carbonyl (C=O) groups is 1. The minimum absolute atomic E-state index is 0.0248. The number of carbonyl (C=O) groups excluding carboxylic acids is 1. The van der Waals surface area contributed by atoms with E-state index in [2.05, 4.69) is 4.90 Å². The zero-order chi connectivity index (χ0) is 12.7. The van der Waals surface area contributed by atoms with Crippen LogP contribution in [-0.4, -0.2) is 37.0 Å². The summed E-state index contributed by atoms with van der Waals surface area (Å²) in [7, 11) is 0. The topological polar surface area (TPSA) is 42.7 Å². The SMILES string of the molecule is CC.CC(=O)c1ccc(CN2CCOCC2)o1. The molecule has 1 aliphatic heterocycles. The molecule has 4 heteroatoms. The van der Waals surface area contributed by atoms with Crippen LogP contribution < -0.4 is 0 Å². The Kier molecular flexibility index (Phi) is 5.94. The molecule has 0 saturated carbocycles. The van der Waals surface area contributed by atoms with E-state index >= 15 is 0 Å². The third-order valence-corrected chi connectivity index (χ3v) is 2.49. The maximum Gasteiger partial charge on any atom is 0.194 e. The molecular formula is C13H21NO3. The summed E-state index contributed by atoms with van der Waals surface area (Å²) in [6.07, 6.45) is 0. The largest absolute Gasteiger partial charge is 0.457 e. The van der Waals surface area contributed by atoms with Gasteiger partial charge in [0.2, 0.25) is 0 Å². The molecule has 0 unspecified atom stereocenters. The van der Waals surface area contributed by atoms with Crippen LogP contribution in [0, 0.1) is 0 Å². The number of Topliss-reactive ketones (excluding diaryl/α,β-unsaturated/α-hetero) is 1. The number of hydrogen-bond donors (Lipinski definition) is 0. The first-order chi connectivity index (χ1) is 8.25. The summed E-state index contributed by atoms with van der Waals surface area (Å²) in [6, 6.07) is 3.60. The van der Waals surface area contributed by atoms with Crippen LogP contribution in [0.5, 0.6) is 0 Å². The highest BCUT2D eigenvalue weighted by molar-refractivity contribution is 5.91. The molecule has 0 radical (unpaired) electrons. The van der Waals surface area contributed by atoms with E-state index in [1.54, 1.807) is 6.07 Å². The van der Waals surface area contributed by atoms with Crippen LogP contribution in [0.1, 0.15) is 37.1 Å². The molecule has 17 heavy (non-hydrogen) atoms. The summed E-state index contributed by atoms with van der Waals surface area (Å²) in [6.45, 7) is 9.68. The smallest absolute Gasteiger partial charge is 0.194 e. The van der Waals surface area contributed by atoms with Gasteiger partial charge in [0.1, 0.15) is 5.76 Å². The van der Waals surface area contributed by atoms with Gasteiger partial charge in [-0.15, -0.1) is 0 Å². The minimum Gasteiger partial charge on any atom is -0.457 e. The Hall–Kier alpha value is -1.13. The molecule has 1 fully saturated rings. The lowest BCUT2D eigenvalue weighted by molar-refractivity contribution is 0.0311. The lowest BCUT2D eigenvalue weighted by Gasteiger charge is -2.25. The second-order valence-corrected chi connectivity index (χ2v) is 3.71. The van der Waals surface area contributed by atoms with Gasteiger partial charge in [0.25, 0.3) is 0 Å². The summed E-state index contributed by atoms with van der Waals surface area (Å²) in [5, 5.41) is 0. The molecule has 2 heterocycles. The zero-order valence-electron chi connectivity index (χ0n) is 10.9. The molecule has 1 saturated heterocycles. The van der Waals surface area contributed by atoms with E-state index in [0.717, 1.165) is 38.6 Å². The van der Waals surface area contributed by atoms with Gasteiger partial charge in [-0.05, 0) is 12.1 Å². The fourth-order valence-corrected chi connectivity index (χ4v) is 1.63. The molecule has 2 rings (SSSR count). The summed E-state index contributed by atoms with van der Waals surface area (Å²) >= 11 is 0. The molecule has 1 aromatic heterocycles. The third kappa shape index (κ3) is 4.32. The molecule has 0 aromatic carbocycles. The maximum absolute atomic E-state index is 11.0. The molecule has 0 atom stereocenters. The van der Waals surface area contributed by atoms with Crippen molar-refractivity contribution >= 4 is 5.78 Å². The molecular weight excluding hydrogens is 218 g/mol. The van der Waals surface area contributed by atoms with Gasteiger partial charge in [-0.25, -0.2) is 0 Å². The van der Waals surface area contributed by atoms with E-state index in [1.165, 1.54) is 6.92 Å². The highest BCUT2D eigenvalue weighted by atomic mass is 16.5. The summed E-state index contributed by atoms with van der Waals surface area (Å²) in [4.78, 5) is 13.3. The Morgan fingerprint density at radius 3 is 2.47 bits per heavy atom. The van der Waals surface area contributed by atoms with Crippen LogP contribution in [0.4, 0.5) is 0 Å². The number of nitrogens with zero attached hydrogens (tertiary/aromatic N) is 1. The first kappa shape index (κ1) is 13.9. The molecule has 0 N–H and O–H groups in total. The molecule has 1 aliphatic rings. The van der Waals surface area contributed by atoms with Crippen molar-refractivity contribution in [2.24, 2.45) is 0 Å². The van der Waals surface area contributed by atoms with Crippen molar-refractivity contribution in [3.63, 3.8) is 0 Å². The van der Waals surface area contributed by atoms with Crippen molar-refractivity contribution in [2.45, 2.75) is 27.3 Å². The number of ketones is 1. The summed E-state index contributed by atoms with van der Waals surface area (Å²) in [5.41, 5.74) is 0. The van der Waals surface area contributed by atoms with E-state index in [0.29, 0.717) is 5.76 Å². The fraction of sp³-hybridized carbons (Fsp3) is 0.615. The van der Waals surface area contributed by atoms with E-state index in [1.807, 2.05) is 19.9 Å². The van der Waals surface area contributed by atoms with Gasteiger partial charge in [-0.1, -0.05) is 13.8 Å². The average Bonchev–Trinajstić information content (AvgIpc) is 2.82. The minimum atomic E-state index is -0.0248. The predicted molar refractivity (Wildman–Crippen MR) is 66.2 cm³/mol. The Morgan fingerprint density at radius 2 is 1.94 bits per heavy atom. The Balaban J connectivity index is 0.000000686. The number of rotatable bonds is 3. The first-order valence-electron chi connectivity index (χ1n) is 6.15. The number of furan rings is 1. The van der Waals surface area contributed by atoms with E-state index in [9.17, 15) is 4.79 Å². The van der Waals surface area contributed by atoms with Crippen LogP contribution in [0.25, 0.3) is 0 Å². The second kappa shape index (κ2) is 7.25. The lowest BCUT2D eigenvalue weighted by atomic mass is 10.3. The molecule has 0 bridgehead atoms. The monoisotopic (exact) mass is 239 g/mol. The van der Waals surface area contributed by atoms with Crippen LogP contribution in [0.3, 0.4) is 0 Å². The van der Waals surface area contributed by atoms with E-state index in [-0.39, 0.29) is 5.78 Å². The van der Waals surface area contributed by atoms with Gasteiger partial charge in [0.15, 0.2) is 11.5 Å². The first-order valence-corrected chi connectivity index (χ1v) is 6.15. The molecule has 0 spiro atoms. The normalized spacial score (nSPS) is 16.2. The molecule has 0 amide bonds. The average molecular weight is 239 g/mol. The van der Waals surface area contributed by atoms with Crippen molar-refractivity contribution in [2.75, 3.05) is 26.3 Å². The highest BCUT2D eigenvalue weighted by Crippen LogP contribution is 2.12. The molecule has 0 aliphatic carbocycles. The number of ether oxygens (including phenoxy) is 1. The molecule has 4 nitrogen and oxygen atoms in total. The van der Waals surface area contributed by atoms with Crippen LogP contribution in [-0.2, 0) is 11.3 Å². The fourth-order valence-electron chi connectivity index (χ4n) is 1.63. The van der Waals surface area contributed by atoms with Crippen molar-refractivity contribution in [3.05, 3.63) is 23.7 Å². The van der Waals surface area contributed by atoms with Crippen LogP contribution >= 0.6 is 0 Å². The van der Waals surface area contributed by atoms with Crippen molar-refractivity contribution in [1.82, 2.24) is 4.90 Å². The third-order valence-electron chi connectivity index (χ3n) is 2.49. The molecule has 96 valence electrons. The lowest BCUT2D eigenvalue weighted by Crippen LogP contribution is -2.35. The van der Waals surface area contributed by atoms with E-state index < -0.39 is 0 Å². The van der Waals surface area contributed by atoms with Crippen molar-refractivity contribution < 1.29 is 13.9 Å². The Labute approximate surface area is 103 Å². The van der Waals surface area contributed by atoms with Crippen LogP contribution in [0.2, 0.25) is 0 Å². The summed E-state index contributed by atoms with van der Waals surface area (Å²) in [5.74, 6) is 1.27. The van der Waals surface area contributed by atoms with Gasteiger partial charge in [-0.3, -0.25) is 9.69 Å². The molecule has 1 aromatic rings. The number of morpholine rings is 1. The van der Waals surface area contributed by atoms with Crippen LogP contribution in [0.15, 0.2) is 16.5 Å². The Bertz CT molecular complexity index is 340. The van der Waals surface area contributed by atoms with Gasteiger partial charge < -0.3 is 9.15 Å². The Morgan fingerprint density at radius 1 is 1.29 bits per heavy atom. The van der Waals surface area contributed by atoms with Gasteiger partial charge in [0.05, 0.1) is 19.8 Å². The van der Waals surface area contributed by atoms with Gasteiger partial charge in [0, 0.05) is 20.0 Å². The quantitative estimate of drug-likeness (QED) is 0.759. The van der Waals surface area contributed by atoms with Gasteiger partial charge in [-0.2, -0.15) is 0 Å². The van der Waals surface area contributed by atoms with Crippen molar-refractivity contribution in [1.29, 1.82) is 0 Å². The van der Waals surface area contributed by atoms with E-state index in [4.69, 9.17) is 9.15 Å². The number of hydrogen-bond acceptors (Lipinski definition) is 4. The van der Waals surface area contributed by atoms with Gasteiger partial charge >= 0.3 is 0 Å². The highest BCUT2D eigenvalue weighted by Gasteiger charge is 2.13.